The van der Waals surface area contributed by atoms with Crippen molar-refractivity contribution in [3.05, 3.63) is 0 Å². The van der Waals surface area contributed by atoms with Crippen LogP contribution in [-0.2, 0) is 4.79 Å². The second-order valence-corrected chi connectivity index (χ2v) is 5.99. The molecule has 0 aromatic carbocycles. The Hall–Kier alpha value is -0.610. The molecule has 0 saturated carbocycles. The zero-order valence-electron chi connectivity index (χ0n) is 12.0. The van der Waals surface area contributed by atoms with Gasteiger partial charge in [0.05, 0.1) is 0 Å². The molecule has 0 bridgehead atoms. The fourth-order valence-corrected chi connectivity index (χ4v) is 3.07. The van der Waals surface area contributed by atoms with E-state index in [-0.39, 0.29) is 5.92 Å². The number of amides is 1. The lowest BCUT2D eigenvalue weighted by Crippen LogP contribution is -2.55. The van der Waals surface area contributed by atoms with Gasteiger partial charge < -0.3 is 15.1 Å². The van der Waals surface area contributed by atoms with Crippen molar-refractivity contribution in [3.8, 4) is 0 Å². The standard InChI is InChI=1S/C14H27N3O/c1-11(2)16-7-4-13(5-8-16)14(18)17-9-6-15-10-12(17)3/h11-13,15H,4-10H2,1-3H3/t12-/m1/s1. The molecule has 4 heteroatoms. The fourth-order valence-electron chi connectivity index (χ4n) is 3.07. The lowest BCUT2D eigenvalue weighted by Gasteiger charge is -2.39. The quantitative estimate of drug-likeness (QED) is 0.795. The molecule has 0 aliphatic carbocycles. The average Bonchev–Trinajstić information content (AvgIpc) is 2.38. The molecule has 18 heavy (non-hydrogen) atoms. The van der Waals surface area contributed by atoms with Gasteiger partial charge in [0, 0.05) is 37.6 Å². The summed E-state index contributed by atoms with van der Waals surface area (Å²) >= 11 is 0. The minimum atomic E-state index is 0.264. The SMILES string of the molecule is CC(C)N1CCC(C(=O)N2CCNC[C@H]2C)CC1. The molecule has 2 saturated heterocycles. The maximum absolute atomic E-state index is 12.5. The number of rotatable bonds is 2. The van der Waals surface area contributed by atoms with E-state index < -0.39 is 0 Å². The molecule has 1 amide bonds. The van der Waals surface area contributed by atoms with E-state index in [2.05, 4.69) is 35.9 Å². The largest absolute Gasteiger partial charge is 0.337 e. The van der Waals surface area contributed by atoms with Crippen molar-refractivity contribution in [1.29, 1.82) is 0 Å². The van der Waals surface area contributed by atoms with E-state index in [1.54, 1.807) is 0 Å². The Morgan fingerprint density at radius 2 is 1.89 bits per heavy atom. The van der Waals surface area contributed by atoms with Crippen LogP contribution < -0.4 is 5.32 Å². The lowest BCUT2D eigenvalue weighted by atomic mass is 9.93. The summed E-state index contributed by atoms with van der Waals surface area (Å²) in [6, 6.07) is 0.966. The molecule has 104 valence electrons. The molecule has 2 aliphatic rings. The number of carbonyl (C=O) groups excluding carboxylic acids is 1. The number of hydrogen-bond acceptors (Lipinski definition) is 3. The molecule has 0 radical (unpaired) electrons. The van der Waals surface area contributed by atoms with Gasteiger partial charge >= 0.3 is 0 Å². The summed E-state index contributed by atoms with van der Waals surface area (Å²) in [6.45, 7) is 11.5. The summed E-state index contributed by atoms with van der Waals surface area (Å²) < 4.78 is 0. The van der Waals surface area contributed by atoms with E-state index >= 15 is 0 Å². The van der Waals surface area contributed by atoms with Crippen LogP contribution in [0.3, 0.4) is 0 Å². The van der Waals surface area contributed by atoms with Gasteiger partial charge in [-0.3, -0.25) is 4.79 Å². The molecule has 0 unspecified atom stereocenters. The van der Waals surface area contributed by atoms with Crippen LogP contribution in [0.4, 0.5) is 0 Å². The maximum atomic E-state index is 12.5. The number of nitrogens with zero attached hydrogens (tertiary/aromatic N) is 2. The van der Waals surface area contributed by atoms with Crippen LogP contribution in [0.2, 0.25) is 0 Å². The highest BCUT2D eigenvalue weighted by Gasteiger charge is 2.32. The van der Waals surface area contributed by atoms with Crippen LogP contribution in [0.5, 0.6) is 0 Å². The summed E-state index contributed by atoms with van der Waals surface area (Å²) in [5.74, 6) is 0.660. The normalized spacial score (nSPS) is 27.8. The number of nitrogens with one attached hydrogen (secondary N) is 1. The van der Waals surface area contributed by atoms with Crippen molar-refractivity contribution < 1.29 is 4.79 Å². The second kappa shape index (κ2) is 6.02. The molecule has 0 spiro atoms. The molecule has 0 aromatic rings. The molecule has 2 fully saturated rings. The first kappa shape index (κ1) is 13.8. The van der Waals surface area contributed by atoms with Crippen LogP contribution >= 0.6 is 0 Å². The maximum Gasteiger partial charge on any atom is 0.226 e. The van der Waals surface area contributed by atoms with Crippen LogP contribution in [0.25, 0.3) is 0 Å². The monoisotopic (exact) mass is 253 g/mol. The van der Waals surface area contributed by atoms with Gasteiger partial charge in [-0.15, -0.1) is 0 Å². The van der Waals surface area contributed by atoms with Crippen LogP contribution in [0, 0.1) is 5.92 Å². The van der Waals surface area contributed by atoms with Crippen molar-refractivity contribution in [2.24, 2.45) is 5.92 Å². The predicted molar refractivity (Wildman–Crippen MR) is 73.5 cm³/mol. The zero-order chi connectivity index (χ0) is 13.1. The fraction of sp³-hybridized carbons (Fsp3) is 0.929. The summed E-state index contributed by atoms with van der Waals surface area (Å²) in [7, 11) is 0. The average molecular weight is 253 g/mol. The van der Waals surface area contributed by atoms with E-state index in [1.807, 2.05) is 0 Å². The molecular formula is C14H27N3O. The Morgan fingerprint density at radius 3 is 2.44 bits per heavy atom. The highest BCUT2D eigenvalue weighted by Crippen LogP contribution is 2.22. The smallest absolute Gasteiger partial charge is 0.226 e. The van der Waals surface area contributed by atoms with Gasteiger partial charge in [-0.25, -0.2) is 0 Å². The summed E-state index contributed by atoms with van der Waals surface area (Å²) in [4.78, 5) is 17.1. The van der Waals surface area contributed by atoms with Gasteiger partial charge in [0.2, 0.25) is 5.91 Å². The van der Waals surface area contributed by atoms with Gasteiger partial charge in [-0.1, -0.05) is 0 Å². The molecular weight excluding hydrogens is 226 g/mol. The molecule has 0 aromatic heterocycles. The van der Waals surface area contributed by atoms with Crippen molar-refractivity contribution in [2.45, 2.75) is 45.7 Å². The van der Waals surface area contributed by atoms with Gasteiger partial charge in [-0.2, -0.15) is 0 Å². The van der Waals surface area contributed by atoms with Gasteiger partial charge in [0.25, 0.3) is 0 Å². The highest BCUT2D eigenvalue weighted by molar-refractivity contribution is 5.79. The van der Waals surface area contributed by atoms with Crippen LogP contribution in [-0.4, -0.2) is 60.5 Å². The molecule has 1 atom stereocenters. The van der Waals surface area contributed by atoms with Gasteiger partial charge in [0.1, 0.15) is 0 Å². The Balaban J connectivity index is 1.87. The Labute approximate surface area is 111 Å². The first-order valence-electron chi connectivity index (χ1n) is 7.35. The van der Waals surface area contributed by atoms with E-state index in [9.17, 15) is 4.79 Å². The third kappa shape index (κ3) is 3.04. The third-order valence-electron chi connectivity index (χ3n) is 4.39. The highest BCUT2D eigenvalue weighted by atomic mass is 16.2. The van der Waals surface area contributed by atoms with E-state index in [0.717, 1.165) is 45.6 Å². The molecule has 4 nitrogen and oxygen atoms in total. The minimum Gasteiger partial charge on any atom is -0.337 e. The summed E-state index contributed by atoms with van der Waals surface area (Å²) in [5.41, 5.74) is 0. The van der Waals surface area contributed by atoms with Crippen molar-refractivity contribution in [2.75, 3.05) is 32.7 Å². The minimum absolute atomic E-state index is 0.264. The van der Waals surface area contributed by atoms with Crippen LogP contribution in [0.15, 0.2) is 0 Å². The van der Waals surface area contributed by atoms with Gasteiger partial charge in [0.15, 0.2) is 0 Å². The lowest BCUT2D eigenvalue weighted by molar-refractivity contribution is -0.140. The van der Waals surface area contributed by atoms with E-state index in [1.165, 1.54) is 0 Å². The van der Waals surface area contributed by atoms with Gasteiger partial charge in [-0.05, 0) is 46.7 Å². The zero-order valence-corrected chi connectivity index (χ0v) is 12.0. The number of likely N-dealkylation sites (tertiary alicyclic amines) is 1. The number of carbonyl (C=O) groups is 1. The van der Waals surface area contributed by atoms with Crippen molar-refractivity contribution in [1.82, 2.24) is 15.1 Å². The van der Waals surface area contributed by atoms with Crippen molar-refractivity contribution >= 4 is 5.91 Å². The van der Waals surface area contributed by atoms with E-state index in [0.29, 0.717) is 18.0 Å². The predicted octanol–water partition coefficient (Wildman–Crippen LogP) is 0.927. The molecule has 2 rings (SSSR count). The number of piperidine rings is 1. The van der Waals surface area contributed by atoms with E-state index in [4.69, 9.17) is 0 Å². The Morgan fingerprint density at radius 1 is 1.22 bits per heavy atom. The van der Waals surface area contributed by atoms with Crippen molar-refractivity contribution in [3.63, 3.8) is 0 Å². The Kier molecular flexibility index (Phi) is 4.62. The summed E-state index contributed by atoms with van der Waals surface area (Å²) in [6.07, 6.45) is 2.07. The third-order valence-corrected chi connectivity index (χ3v) is 4.39. The molecule has 2 aliphatic heterocycles. The molecule has 1 N–H and O–H groups in total. The summed E-state index contributed by atoms with van der Waals surface area (Å²) in [5, 5.41) is 3.34. The first-order valence-corrected chi connectivity index (χ1v) is 7.35. The first-order chi connectivity index (χ1) is 8.59. The van der Waals surface area contributed by atoms with Crippen LogP contribution in [0.1, 0.15) is 33.6 Å². The Bertz CT molecular complexity index is 285. The number of piperazine rings is 1. The number of hydrogen-bond donors (Lipinski definition) is 1. The second-order valence-electron chi connectivity index (χ2n) is 5.99. The molecule has 2 heterocycles. The topological polar surface area (TPSA) is 35.6 Å².